The molecule has 0 spiro atoms. The van der Waals surface area contributed by atoms with Gasteiger partial charge in [-0.25, -0.2) is 0 Å². The summed E-state index contributed by atoms with van der Waals surface area (Å²) in [7, 11) is 0. The van der Waals surface area contributed by atoms with E-state index in [-0.39, 0.29) is 0 Å². The molecule has 0 atom stereocenters. The largest absolute Gasteiger partial charge is 0.0654 e. The molecular weight excluding hydrogens is 180 g/mol. The van der Waals surface area contributed by atoms with Crippen molar-refractivity contribution >= 4 is 0 Å². The third-order valence-electron chi connectivity index (χ3n) is 3.31. The van der Waals surface area contributed by atoms with E-state index in [1.807, 2.05) is 0 Å². The summed E-state index contributed by atoms with van der Waals surface area (Å²) in [6, 6.07) is 0. The van der Waals surface area contributed by atoms with E-state index >= 15 is 0 Å². The Balaban J connectivity index is 3.38. The van der Waals surface area contributed by atoms with Crippen molar-refractivity contribution in [2.75, 3.05) is 0 Å². The highest BCUT2D eigenvalue weighted by Gasteiger charge is 2.16. The van der Waals surface area contributed by atoms with Gasteiger partial charge in [-0.2, -0.15) is 0 Å². The van der Waals surface area contributed by atoms with Crippen LogP contribution in [0.25, 0.3) is 0 Å². The second-order valence-electron chi connectivity index (χ2n) is 5.64. The third kappa shape index (κ3) is 10.3. The minimum atomic E-state index is 0.571. The summed E-state index contributed by atoms with van der Waals surface area (Å²) in [6.45, 7) is 11.0. The molecule has 91 valence electrons. The van der Waals surface area contributed by atoms with Crippen molar-refractivity contribution in [1.82, 2.24) is 0 Å². The quantitative estimate of drug-likeness (QED) is 0.402. The first-order valence-electron chi connectivity index (χ1n) is 6.91. The van der Waals surface area contributed by atoms with Crippen molar-refractivity contribution in [3.63, 3.8) is 0 Å². The molecule has 0 aromatic heterocycles. The summed E-state index contributed by atoms with van der Waals surface area (Å²) in [4.78, 5) is 0. The van der Waals surface area contributed by atoms with Gasteiger partial charge in [-0.15, -0.1) is 0 Å². The van der Waals surface area contributed by atoms with Crippen LogP contribution in [0, 0.1) is 12.3 Å². The molecule has 0 fully saturated rings. The summed E-state index contributed by atoms with van der Waals surface area (Å²) in [6.07, 6.45) is 13.6. The fraction of sp³-hybridized carbons (Fsp3) is 0.933. The molecular formula is C15H31. The summed E-state index contributed by atoms with van der Waals surface area (Å²) in [5.41, 5.74) is 0.571. The number of hydrogen-bond donors (Lipinski definition) is 0. The Morgan fingerprint density at radius 3 is 1.87 bits per heavy atom. The van der Waals surface area contributed by atoms with Gasteiger partial charge in [0.25, 0.3) is 0 Å². The van der Waals surface area contributed by atoms with Gasteiger partial charge in [0.15, 0.2) is 0 Å². The molecule has 0 rings (SSSR count). The standard InChI is InChI=1S/C15H31/c1-5-7-9-10-12-14-15(3,4)13-11-8-6-2/h2,5-14H2,1,3-4H3. The normalized spacial score (nSPS) is 12.0. The molecule has 0 heteroatoms. The van der Waals surface area contributed by atoms with Gasteiger partial charge >= 0.3 is 0 Å². The van der Waals surface area contributed by atoms with E-state index in [9.17, 15) is 0 Å². The monoisotopic (exact) mass is 211 g/mol. The van der Waals surface area contributed by atoms with Crippen molar-refractivity contribution in [3.05, 3.63) is 6.92 Å². The third-order valence-corrected chi connectivity index (χ3v) is 3.31. The van der Waals surface area contributed by atoms with Gasteiger partial charge in [0.05, 0.1) is 0 Å². The maximum absolute atomic E-state index is 3.90. The van der Waals surface area contributed by atoms with E-state index in [1.54, 1.807) is 0 Å². The Bertz CT molecular complexity index is 124. The van der Waals surface area contributed by atoms with Gasteiger partial charge in [-0.05, 0) is 18.3 Å². The lowest BCUT2D eigenvalue weighted by Crippen LogP contribution is -2.10. The second kappa shape index (κ2) is 9.24. The molecule has 0 aromatic rings. The fourth-order valence-corrected chi connectivity index (χ4v) is 2.11. The van der Waals surface area contributed by atoms with Crippen LogP contribution >= 0.6 is 0 Å². The lowest BCUT2D eigenvalue weighted by atomic mass is 9.82. The summed E-state index contributed by atoms with van der Waals surface area (Å²) >= 11 is 0. The van der Waals surface area contributed by atoms with E-state index in [4.69, 9.17) is 0 Å². The minimum absolute atomic E-state index is 0.571. The fourth-order valence-electron chi connectivity index (χ4n) is 2.11. The van der Waals surface area contributed by atoms with Crippen molar-refractivity contribution in [2.24, 2.45) is 5.41 Å². The Kier molecular flexibility index (Phi) is 9.24. The Hall–Kier alpha value is 0. The Morgan fingerprint density at radius 2 is 1.33 bits per heavy atom. The Labute approximate surface area is 97.8 Å². The molecule has 0 aliphatic heterocycles. The van der Waals surface area contributed by atoms with E-state index in [0.717, 1.165) is 6.42 Å². The van der Waals surface area contributed by atoms with Crippen LogP contribution in [-0.2, 0) is 0 Å². The molecule has 0 unspecified atom stereocenters. The van der Waals surface area contributed by atoms with Crippen LogP contribution in [0.15, 0.2) is 0 Å². The van der Waals surface area contributed by atoms with Gasteiger partial charge in [0, 0.05) is 0 Å². The highest BCUT2D eigenvalue weighted by Crippen LogP contribution is 2.30. The molecule has 15 heavy (non-hydrogen) atoms. The predicted octanol–water partition coefficient (Wildman–Crippen LogP) is 5.77. The first-order valence-corrected chi connectivity index (χ1v) is 6.91. The van der Waals surface area contributed by atoms with Crippen LogP contribution in [-0.4, -0.2) is 0 Å². The van der Waals surface area contributed by atoms with Crippen molar-refractivity contribution < 1.29 is 0 Å². The van der Waals surface area contributed by atoms with Crippen molar-refractivity contribution in [2.45, 2.75) is 85.0 Å². The predicted molar refractivity (Wildman–Crippen MR) is 71.0 cm³/mol. The molecule has 0 heterocycles. The number of hydrogen-bond acceptors (Lipinski definition) is 0. The highest BCUT2D eigenvalue weighted by atomic mass is 14.2. The lowest BCUT2D eigenvalue weighted by molar-refractivity contribution is 0.284. The van der Waals surface area contributed by atoms with E-state index in [2.05, 4.69) is 27.7 Å². The molecule has 0 aromatic carbocycles. The van der Waals surface area contributed by atoms with Crippen LogP contribution in [0.4, 0.5) is 0 Å². The van der Waals surface area contributed by atoms with Crippen LogP contribution in [0.2, 0.25) is 0 Å². The van der Waals surface area contributed by atoms with E-state index in [1.165, 1.54) is 57.8 Å². The van der Waals surface area contributed by atoms with E-state index in [0.29, 0.717) is 5.41 Å². The molecule has 0 aliphatic rings. The molecule has 0 saturated carbocycles. The van der Waals surface area contributed by atoms with Crippen molar-refractivity contribution in [3.8, 4) is 0 Å². The van der Waals surface area contributed by atoms with Crippen molar-refractivity contribution in [1.29, 1.82) is 0 Å². The van der Waals surface area contributed by atoms with Gasteiger partial charge in [-0.3, -0.25) is 0 Å². The highest BCUT2D eigenvalue weighted by molar-refractivity contribution is 4.68. The lowest BCUT2D eigenvalue weighted by Gasteiger charge is -2.24. The summed E-state index contributed by atoms with van der Waals surface area (Å²) in [5, 5.41) is 0. The summed E-state index contributed by atoms with van der Waals surface area (Å²) in [5.74, 6) is 0. The molecule has 0 bridgehead atoms. The van der Waals surface area contributed by atoms with E-state index < -0.39 is 0 Å². The molecule has 0 saturated heterocycles. The SMILES string of the molecule is [CH2]CCCCC(C)(C)CCCCCCC. The molecule has 1 radical (unpaired) electrons. The van der Waals surface area contributed by atoms with Gasteiger partial charge in [-0.1, -0.05) is 79.1 Å². The first-order chi connectivity index (χ1) is 7.12. The zero-order chi connectivity index (χ0) is 11.6. The molecule has 0 amide bonds. The number of unbranched alkanes of at least 4 members (excludes halogenated alkanes) is 6. The maximum atomic E-state index is 3.90. The topological polar surface area (TPSA) is 0 Å². The molecule has 0 N–H and O–H groups in total. The minimum Gasteiger partial charge on any atom is -0.0654 e. The average molecular weight is 211 g/mol. The zero-order valence-electron chi connectivity index (χ0n) is 11.3. The zero-order valence-corrected chi connectivity index (χ0v) is 11.3. The van der Waals surface area contributed by atoms with Gasteiger partial charge in [0.1, 0.15) is 0 Å². The molecule has 0 aliphatic carbocycles. The smallest absolute Gasteiger partial charge is 0.0354 e. The maximum Gasteiger partial charge on any atom is -0.0354 e. The average Bonchev–Trinajstić information content (AvgIpc) is 2.17. The first kappa shape index (κ1) is 15.0. The van der Waals surface area contributed by atoms with Gasteiger partial charge in [0.2, 0.25) is 0 Å². The van der Waals surface area contributed by atoms with Crippen LogP contribution < -0.4 is 0 Å². The van der Waals surface area contributed by atoms with Gasteiger partial charge < -0.3 is 0 Å². The second-order valence-corrected chi connectivity index (χ2v) is 5.64. The summed E-state index contributed by atoms with van der Waals surface area (Å²) < 4.78 is 0. The van der Waals surface area contributed by atoms with Crippen LogP contribution in [0.5, 0.6) is 0 Å². The van der Waals surface area contributed by atoms with Crippen LogP contribution in [0.3, 0.4) is 0 Å². The Morgan fingerprint density at radius 1 is 0.800 bits per heavy atom. The molecule has 0 nitrogen and oxygen atoms in total. The number of rotatable bonds is 10. The van der Waals surface area contributed by atoms with Crippen LogP contribution in [0.1, 0.15) is 85.0 Å².